The minimum absolute atomic E-state index is 0.380. The van der Waals surface area contributed by atoms with Crippen molar-refractivity contribution in [3.8, 4) is 0 Å². The van der Waals surface area contributed by atoms with E-state index >= 15 is 0 Å². The number of nitrogen functional groups attached to an aromatic ring is 1. The molecule has 14 heavy (non-hydrogen) atoms. The van der Waals surface area contributed by atoms with Gasteiger partial charge in [0.05, 0.1) is 6.20 Å². The number of nitrogens with two attached hydrogens (primary N) is 1. The molecular weight excluding hydrogens is 197 g/mol. The van der Waals surface area contributed by atoms with Crippen LogP contribution in [0.1, 0.15) is 25.3 Å². The van der Waals surface area contributed by atoms with Crippen molar-refractivity contribution in [1.29, 1.82) is 0 Å². The predicted octanol–water partition coefficient (Wildman–Crippen LogP) is 1.44. The summed E-state index contributed by atoms with van der Waals surface area (Å²) in [7, 11) is 3.39. The van der Waals surface area contributed by atoms with Gasteiger partial charge in [0.2, 0.25) is 5.95 Å². The van der Waals surface area contributed by atoms with E-state index in [0.717, 1.165) is 11.2 Å². The fourth-order valence-electron chi connectivity index (χ4n) is 1.35. The Hall–Kier alpha value is -1.35. The lowest BCUT2D eigenvalue weighted by Crippen LogP contribution is -2.02. The smallest absolute Gasteiger partial charge is 0.201 e. The molecule has 0 saturated carbocycles. The molecule has 2 heterocycles. The van der Waals surface area contributed by atoms with Crippen molar-refractivity contribution in [3.05, 3.63) is 17.0 Å². The lowest BCUT2D eigenvalue weighted by molar-refractivity contribution is 0.864. The van der Waals surface area contributed by atoms with Gasteiger partial charge in [0.15, 0.2) is 10.8 Å². The molecule has 0 amide bonds. The SMILES string of the molecule is CC(C)c1cnn2c(=P)[nH]c(N)nc12. The first-order valence-corrected chi connectivity index (χ1v) is 4.87. The summed E-state index contributed by atoms with van der Waals surface area (Å²) < 4.78 is 1.68. The molecule has 0 aliphatic heterocycles. The maximum absolute atomic E-state index is 5.61. The van der Waals surface area contributed by atoms with Gasteiger partial charge in [-0.1, -0.05) is 22.7 Å². The maximum atomic E-state index is 5.61. The van der Waals surface area contributed by atoms with Gasteiger partial charge in [0.1, 0.15) is 0 Å². The van der Waals surface area contributed by atoms with Crippen LogP contribution in [0.5, 0.6) is 0 Å². The molecule has 0 aliphatic rings. The molecule has 0 saturated heterocycles. The predicted molar refractivity (Wildman–Crippen MR) is 57.4 cm³/mol. The molecule has 0 spiro atoms. The first-order chi connectivity index (χ1) is 6.59. The van der Waals surface area contributed by atoms with Crippen LogP contribution < -0.4 is 5.73 Å². The Morgan fingerprint density at radius 1 is 1.57 bits per heavy atom. The third-order valence-electron chi connectivity index (χ3n) is 2.08. The molecule has 5 nitrogen and oxygen atoms in total. The van der Waals surface area contributed by atoms with Crippen molar-refractivity contribution >= 4 is 20.5 Å². The van der Waals surface area contributed by atoms with E-state index in [1.54, 1.807) is 4.52 Å². The Morgan fingerprint density at radius 2 is 2.29 bits per heavy atom. The zero-order chi connectivity index (χ0) is 10.3. The summed E-state index contributed by atoms with van der Waals surface area (Å²) in [5.74, 6) is 0.762. The van der Waals surface area contributed by atoms with E-state index in [0.29, 0.717) is 17.1 Å². The van der Waals surface area contributed by atoms with Crippen LogP contribution >= 0.6 is 8.86 Å². The van der Waals surface area contributed by atoms with Crippen molar-refractivity contribution in [2.45, 2.75) is 19.8 Å². The Kier molecular flexibility index (Phi) is 2.04. The van der Waals surface area contributed by atoms with Gasteiger partial charge in [-0.25, -0.2) is 0 Å². The third-order valence-corrected chi connectivity index (χ3v) is 2.41. The summed E-state index contributed by atoms with van der Waals surface area (Å²) in [6.45, 7) is 4.19. The highest BCUT2D eigenvalue weighted by molar-refractivity contribution is 7.06. The lowest BCUT2D eigenvalue weighted by atomic mass is 10.1. The summed E-state index contributed by atoms with van der Waals surface area (Å²) in [6, 6.07) is 0. The third kappa shape index (κ3) is 1.30. The highest BCUT2D eigenvalue weighted by atomic mass is 31.0. The second-order valence-electron chi connectivity index (χ2n) is 3.46. The minimum Gasteiger partial charge on any atom is -0.369 e. The number of fused-ring (bicyclic) bond motifs is 1. The molecule has 0 radical (unpaired) electrons. The van der Waals surface area contributed by atoms with Crippen molar-refractivity contribution in [3.63, 3.8) is 0 Å². The Balaban J connectivity index is 2.85. The number of H-pyrrole nitrogens is 1. The maximum Gasteiger partial charge on any atom is 0.201 e. The molecule has 0 aliphatic carbocycles. The Labute approximate surface area is 83.2 Å². The number of aromatic amines is 1. The number of hydrogen-bond donors (Lipinski definition) is 2. The second-order valence-corrected chi connectivity index (χ2v) is 3.93. The topological polar surface area (TPSA) is 72.0 Å². The normalized spacial score (nSPS) is 11.4. The van der Waals surface area contributed by atoms with E-state index in [2.05, 4.69) is 37.8 Å². The van der Waals surface area contributed by atoms with Crippen molar-refractivity contribution in [1.82, 2.24) is 19.6 Å². The largest absolute Gasteiger partial charge is 0.369 e. The van der Waals surface area contributed by atoms with Crippen molar-refractivity contribution < 1.29 is 0 Å². The summed E-state index contributed by atoms with van der Waals surface area (Å²) in [5.41, 5.74) is 7.50. The number of aromatic nitrogens is 4. The van der Waals surface area contributed by atoms with Crippen molar-refractivity contribution in [2.24, 2.45) is 0 Å². The molecule has 2 aromatic heterocycles. The average Bonchev–Trinajstić information content (AvgIpc) is 2.47. The molecule has 0 bridgehead atoms. The zero-order valence-corrected chi connectivity index (χ0v) is 9.07. The van der Waals surface area contributed by atoms with Crippen LogP contribution in [0.3, 0.4) is 0 Å². The molecule has 74 valence electrons. The Bertz CT molecular complexity index is 524. The molecule has 2 aromatic rings. The van der Waals surface area contributed by atoms with Crippen molar-refractivity contribution in [2.75, 3.05) is 5.73 Å². The average molecular weight is 209 g/mol. The minimum atomic E-state index is 0.380. The summed E-state index contributed by atoms with van der Waals surface area (Å²) in [5, 5.41) is 4.89. The molecule has 3 N–H and O–H groups in total. The molecular formula is C8H12N5P. The lowest BCUT2D eigenvalue weighted by Gasteiger charge is -2.02. The summed E-state index contributed by atoms with van der Waals surface area (Å²) in [4.78, 5) is 7.06. The fourth-order valence-corrected chi connectivity index (χ4v) is 1.65. The first-order valence-electron chi connectivity index (χ1n) is 4.37. The number of hydrogen-bond acceptors (Lipinski definition) is 3. The van der Waals surface area contributed by atoms with Crippen LogP contribution in [0.2, 0.25) is 0 Å². The second kappa shape index (κ2) is 3.10. The van der Waals surface area contributed by atoms with Gasteiger partial charge >= 0.3 is 0 Å². The monoisotopic (exact) mass is 209 g/mol. The zero-order valence-electron chi connectivity index (χ0n) is 8.07. The highest BCUT2D eigenvalue weighted by Crippen LogP contribution is 2.18. The van der Waals surface area contributed by atoms with Gasteiger partial charge in [0, 0.05) is 5.56 Å². The van der Waals surface area contributed by atoms with Gasteiger partial charge in [-0.05, 0) is 5.92 Å². The quantitative estimate of drug-likeness (QED) is 0.698. The van der Waals surface area contributed by atoms with E-state index in [1.807, 2.05) is 6.20 Å². The first kappa shape index (κ1) is 9.21. The van der Waals surface area contributed by atoms with Gasteiger partial charge in [0.25, 0.3) is 0 Å². The van der Waals surface area contributed by atoms with E-state index in [-0.39, 0.29) is 0 Å². The van der Waals surface area contributed by atoms with E-state index in [1.165, 1.54) is 0 Å². The number of nitrogens with one attached hydrogen (secondary N) is 1. The Morgan fingerprint density at radius 3 is 2.93 bits per heavy atom. The van der Waals surface area contributed by atoms with Gasteiger partial charge in [-0.2, -0.15) is 14.6 Å². The molecule has 0 fully saturated rings. The molecule has 0 unspecified atom stereocenters. The van der Waals surface area contributed by atoms with Gasteiger partial charge < -0.3 is 10.7 Å². The van der Waals surface area contributed by atoms with Gasteiger partial charge in [-0.3, -0.25) is 0 Å². The van der Waals surface area contributed by atoms with E-state index < -0.39 is 0 Å². The number of nitrogens with zero attached hydrogens (tertiary/aromatic N) is 3. The fraction of sp³-hybridized carbons (Fsp3) is 0.375. The molecule has 6 heteroatoms. The van der Waals surface area contributed by atoms with E-state index in [4.69, 9.17) is 5.73 Å². The molecule has 0 aromatic carbocycles. The van der Waals surface area contributed by atoms with Crippen LogP contribution in [-0.2, 0) is 0 Å². The number of rotatable bonds is 1. The van der Waals surface area contributed by atoms with Crippen LogP contribution in [0.4, 0.5) is 5.95 Å². The number of anilines is 1. The summed E-state index contributed by atoms with van der Waals surface area (Å²) in [6.07, 6.45) is 1.81. The molecule has 0 atom stereocenters. The van der Waals surface area contributed by atoms with Gasteiger partial charge in [-0.15, -0.1) is 0 Å². The summed E-state index contributed by atoms with van der Waals surface area (Å²) >= 11 is 0. The van der Waals surface area contributed by atoms with Crippen LogP contribution in [0, 0.1) is 5.20 Å². The molecule has 2 rings (SSSR count). The van der Waals surface area contributed by atoms with Crippen LogP contribution in [0.25, 0.3) is 5.65 Å². The standard InChI is InChI=1S/C8H12N5P/c1-4(2)5-3-10-13-6(5)11-7(9)12-8(13)14/h3-4,14H,1-2H3,(H3,9,11,12). The highest BCUT2D eigenvalue weighted by Gasteiger charge is 2.09. The van der Waals surface area contributed by atoms with Crippen LogP contribution in [0.15, 0.2) is 6.20 Å². The van der Waals surface area contributed by atoms with Crippen LogP contribution in [-0.4, -0.2) is 19.6 Å². The van der Waals surface area contributed by atoms with E-state index in [9.17, 15) is 0 Å².